The fourth-order valence-corrected chi connectivity index (χ4v) is 5.07. The fourth-order valence-electron chi connectivity index (χ4n) is 5.07. The number of nitrogens with zero attached hydrogens (tertiary/aromatic N) is 5. The minimum absolute atomic E-state index is 0.159. The van der Waals surface area contributed by atoms with Crippen LogP contribution in [0.1, 0.15) is 34.2 Å². The van der Waals surface area contributed by atoms with E-state index in [0.717, 1.165) is 26.2 Å². The maximum Gasteiger partial charge on any atom is 0.338 e. The van der Waals surface area contributed by atoms with Crippen molar-refractivity contribution >= 4 is 28.2 Å². The minimum Gasteiger partial charge on any atom is -0.462 e. The van der Waals surface area contributed by atoms with Gasteiger partial charge in [0.25, 0.3) is 11.2 Å². The number of nitro groups is 1. The Morgan fingerprint density at radius 1 is 1.00 bits per heavy atom. The molecule has 1 aliphatic heterocycles. The molecule has 0 atom stereocenters. The van der Waals surface area contributed by atoms with Crippen LogP contribution >= 0.6 is 0 Å². The van der Waals surface area contributed by atoms with E-state index < -0.39 is 16.5 Å². The number of non-ortho nitro benzene ring substituents is 1. The number of carbonyl (C=O) groups is 1. The lowest BCUT2D eigenvalue weighted by Crippen LogP contribution is -2.46. The second-order valence-electron chi connectivity index (χ2n) is 9.95. The lowest BCUT2D eigenvalue weighted by atomic mass is 10.1. The van der Waals surface area contributed by atoms with Gasteiger partial charge in [0, 0.05) is 44.0 Å². The second-order valence-corrected chi connectivity index (χ2v) is 9.95. The lowest BCUT2D eigenvalue weighted by molar-refractivity contribution is -0.384. The van der Waals surface area contributed by atoms with E-state index in [2.05, 4.69) is 41.8 Å². The number of hydrogen-bond donors (Lipinski definition) is 0. The number of esters is 1. The lowest BCUT2D eigenvalue weighted by Gasteiger charge is -2.37. The summed E-state index contributed by atoms with van der Waals surface area (Å²) in [5, 5.41) is 11.5. The van der Waals surface area contributed by atoms with Crippen molar-refractivity contribution in [1.82, 2.24) is 14.5 Å². The molecule has 206 valence electrons. The van der Waals surface area contributed by atoms with E-state index in [0.29, 0.717) is 29.1 Å². The smallest absolute Gasteiger partial charge is 0.338 e. The van der Waals surface area contributed by atoms with Gasteiger partial charge >= 0.3 is 5.97 Å². The third kappa shape index (κ3) is 5.43. The van der Waals surface area contributed by atoms with E-state index in [1.54, 1.807) is 31.2 Å². The minimum atomic E-state index is -0.527. The number of aryl methyl sites for hydroxylation is 2. The average molecular weight is 542 g/mol. The van der Waals surface area contributed by atoms with Crippen LogP contribution in [0.4, 0.5) is 11.4 Å². The Morgan fingerprint density at radius 2 is 1.73 bits per heavy atom. The molecular weight excluding hydrogens is 510 g/mol. The van der Waals surface area contributed by atoms with Crippen LogP contribution in [0.25, 0.3) is 16.6 Å². The molecule has 1 saturated heterocycles. The maximum atomic E-state index is 13.8. The van der Waals surface area contributed by atoms with Gasteiger partial charge in [-0.25, -0.2) is 9.78 Å². The Kier molecular flexibility index (Phi) is 7.61. The molecule has 40 heavy (non-hydrogen) atoms. The van der Waals surface area contributed by atoms with E-state index in [9.17, 15) is 19.7 Å². The molecule has 0 saturated carbocycles. The van der Waals surface area contributed by atoms with Crippen LogP contribution in [0, 0.1) is 24.0 Å². The Hall–Kier alpha value is -4.57. The zero-order valence-electron chi connectivity index (χ0n) is 22.8. The second kappa shape index (κ2) is 11.3. The summed E-state index contributed by atoms with van der Waals surface area (Å²) < 4.78 is 6.56. The van der Waals surface area contributed by atoms with Gasteiger partial charge in [0.15, 0.2) is 0 Å². The molecule has 0 N–H and O–H groups in total. The van der Waals surface area contributed by atoms with E-state index in [-0.39, 0.29) is 17.7 Å². The number of fused-ring (bicyclic) bond motifs is 1. The molecule has 0 spiro atoms. The monoisotopic (exact) mass is 541 g/mol. The number of benzene rings is 3. The summed E-state index contributed by atoms with van der Waals surface area (Å²) in [7, 11) is 0. The molecule has 0 unspecified atom stereocenters. The van der Waals surface area contributed by atoms with Crippen molar-refractivity contribution in [2.45, 2.75) is 27.3 Å². The van der Waals surface area contributed by atoms with Gasteiger partial charge in [0.1, 0.15) is 5.82 Å². The number of rotatable bonds is 7. The summed E-state index contributed by atoms with van der Waals surface area (Å²) in [6.07, 6.45) is 0. The van der Waals surface area contributed by atoms with E-state index in [1.165, 1.54) is 39.6 Å². The largest absolute Gasteiger partial charge is 0.462 e. The Morgan fingerprint density at radius 3 is 2.40 bits per heavy atom. The summed E-state index contributed by atoms with van der Waals surface area (Å²) in [6.45, 7) is 9.86. The summed E-state index contributed by atoms with van der Waals surface area (Å²) in [5.41, 5.74) is 4.41. The van der Waals surface area contributed by atoms with E-state index >= 15 is 0 Å². The summed E-state index contributed by atoms with van der Waals surface area (Å²) in [6, 6.07) is 17.2. The highest BCUT2D eigenvalue weighted by Gasteiger charge is 2.22. The molecule has 5 rings (SSSR count). The van der Waals surface area contributed by atoms with Crippen LogP contribution in [-0.4, -0.2) is 58.1 Å². The highest BCUT2D eigenvalue weighted by Crippen LogP contribution is 2.24. The van der Waals surface area contributed by atoms with Crippen LogP contribution in [0.3, 0.4) is 0 Å². The van der Waals surface area contributed by atoms with Gasteiger partial charge in [-0.1, -0.05) is 12.1 Å². The molecule has 10 heteroatoms. The first-order valence-corrected chi connectivity index (χ1v) is 13.3. The first kappa shape index (κ1) is 27.0. The number of carbonyl (C=O) groups excluding carboxylic acids is 1. The maximum absolute atomic E-state index is 13.8. The predicted octanol–water partition coefficient (Wildman–Crippen LogP) is 4.41. The highest BCUT2D eigenvalue weighted by molar-refractivity contribution is 5.89. The molecule has 0 radical (unpaired) electrons. The molecule has 0 bridgehead atoms. The van der Waals surface area contributed by atoms with Crippen LogP contribution in [0.15, 0.2) is 65.5 Å². The Bertz CT molecular complexity index is 1640. The number of piperazine rings is 1. The summed E-state index contributed by atoms with van der Waals surface area (Å²) in [4.78, 5) is 46.2. The number of nitro benzene ring substituents is 1. The molecule has 1 aromatic heterocycles. The van der Waals surface area contributed by atoms with Crippen LogP contribution in [-0.2, 0) is 11.3 Å². The third-order valence-electron chi connectivity index (χ3n) is 7.21. The molecule has 0 amide bonds. The number of aromatic nitrogens is 2. The van der Waals surface area contributed by atoms with Crippen molar-refractivity contribution in [1.29, 1.82) is 0 Å². The number of ether oxygens (including phenoxy) is 1. The Labute approximate surface area is 231 Å². The summed E-state index contributed by atoms with van der Waals surface area (Å²) >= 11 is 0. The van der Waals surface area contributed by atoms with Crippen molar-refractivity contribution in [3.8, 4) is 5.69 Å². The first-order chi connectivity index (χ1) is 19.2. The van der Waals surface area contributed by atoms with Gasteiger partial charge in [-0.15, -0.1) is 0 Å². The van der Waals surface area contributed by atoms with Crippen molar-refractivity contribution < 1.29 is 14.5 Å². The molecule has 4 aromatic rings. The molecular formula is C30H31N5O5. The summed E-state index contributed by atoms with van der Waals surface area (Å²) in [5.74, 6) is 0.0750. The SMILES string of the molecule is CCOC(=O)c1ccc(-n2c(CN3CCN(c4cc(C)ccc4C)CC3)nc3ccc([N+](=O)[O-])cc3c2=O)cc1. The van der Waals surface area contributed by atoms with Gasteiger partial charge in [-0.2, -0.15) is 0 Å². The molecule has 0 aliphatic carbocycles. The fraction of sp³-hybridized carbons (Fsp3) is 0.300. The standard InChI is InChI=1S/C30H31N5O5/c1-4-40-30(37)22-7-9-23(10-8-22)34-28(31-26-12-11-24(35(38)39)18-25(26)29(34)36)19-32-13-15-33(16-14-32)27-17-20(2)5-6-21(27)3/h5-12,17-18H,4,13-16,19H2,1-3H3. The zero-order valence-corrected chi connectivity index (χ0v) is 22.8. The normalized spacial score (nSPS) is 13.9. The van der Waals surface area contributed by atoms with Gasteiger partial charge in [0.2, 0.25) is 0 Å². The van der Waals surface area contributed by atoms with Gasteiger partial charge in [-0.3, -0.25) is 24.4 Å². The molecule has 1 fully saturated rings. The van der Waals surface area contributed by atoms with Crippen molar-refractivity contribution in [2.24, 2.45) is 0 Å². The Balaban J connectivity index is 1.49. The topological polar surface area (TPSA) is 111 Å². The number of anilines is 1. The highest BCUT2D eigenvalue weighted by atomic mass is 16.6. The average Bonchev–Trinajstić information content (AvgIpc) is 2.95. The molecule has 10 nitrogen and oxygen atoms in total. The van der Waals surface area contributed by atoms with Gasteiger partial charge in [0.05, 0.1) is 40.2 Å². The van der Waals surface area contributed by atoms with E-state index in [1.807, 2.05) is 0 Å². The third-order valence-corrected chi connectivity index (χ3v) is 7.21. The zero-order chi connectivity index (χ0) is 28.4. The van der Waals surface area contributed by atoms with Gasteiger partial charge in [-0.05, 0) is 68.3 Å². The van der Waals surface area contributed by atoms with Crippen LogP contribution < -0.4 is 10.5 Å². The molecule has 3 aromatic carbocycles. The van der Waals surface area contributed by atoms with Gasteiger partial charge < -0.3 is 9.64 Å². The molecule has 1 aliphatic rings. The van der Waals surface area contributed by atoms with Crippen LogP contribution in [0.5, 0.6) is 0 Å². The predicted molar refractivity (Wildman–Crippen MR) is 153 cm³/mol. The number of hydrogen-bond acceptors (Lipinski definition) is 8. The van der Waals surface area contributed by atoms with Crippen molar-refractivity contribution in [3.63, 3.8) is 0 Å². The van der Waals surface area contributed by atoms with E-state index in [4.69, 9.17) is 9.72 Å². The quantitative estimate of drug-likeness (QED) is 0.192. The van der Waals surface area contributed by atoms with Crippen molar-refractivity contribution in [2.75, 3.05) is 37.7 Å². The molecule has 2 heterocycles. The van der Waals surface area contributed by atoms with Crippen LogP contribution in [0.2, 0.25) is 0 Å². The van der Waals surface area contributed by atoms with Crippen molar-refractivity contribution in [3.05, 3.63) is 104 Å². The first-order valence-electron chi connectivity index (χ1n) is 13.3.